The molecule has 1 aliphatic carbocycles. The molecular weight excluding hydrogens is 231 g/mol. The highest BCUT2D eigenvalue weighted by atomic mass is 35.5. The third-order valence-electron chi connectivity index (χ3n) is 2.78. The summed E-state index contributed by atoms with van der Waals surface area (Å²) in [4.78, 5) is 0. The smallest absolute Gasteiger partial charge is 0.0655 e. The van der Waals surface area contributed by atoms with Gasteiger partial charge in [-0.25, -0.2) is 0 Å². The molecule has 2 unspecified atom stereocenters. The monoisotopic (exact) mass is 242 g/mol. The summed E-state index contributed by atoms with van der Waals surface area (Å²) in [6.45, 7) is 1.94. The average Bonchev–Trinajstić information content (AvgIpc) is 2.52. The Morgan fingerprint density at radius 1 is 1.40 bits per heavy atom. The number of benzene rings is 1. The summed E-state index contributed by atoms with van der Waals surface area (Å²) in [7, 11) is 0. The molecule has 0 saturated heterocycles. The van der Waals surface area contributed by atoms with E-state index in [0.29, 0.717) is 16.5 Å². The zero-order valence-corrected chi connectivity index (χ0v) is 9.89. The Labute approximate surface area is 99.3 Å². The van der Waals surface area contributed by atoms with Crippen LogP contribution >= 0.6 is 23.2 Å². The van der Waals surface area contributed by atoms with E-state index >= 15 is 0 Å². The van der Waals surface area contributed by atoms with Crippen molar-refractivity contribution in [3.8, 4) is 0 Å². The van der Waals surface area contributed by atoms with Gasteiger partial charge in [-0.15, -0.1) is 0 Å². The standard InChI is InChI=1S/C12H12Cl2O/c1-2-11(15)12-9-6-8(13)4-3-7(9)5-10(12)14/h3-6,11-12,15H,2H2,1H3. The Hall–Kier alpha value is -0.500. The Bertz CT molecular complexity index is 412. The Morgan fingerprint density at radius 3 is 2.80 bits per heavy atom. The van der Waals surface area contributed by atoms with Gasteiger partial charge >= 0.3 is 0 Å². The molecule has 0 bridgehead atoms. The Kier molecular flexibility index (Phi) is 3.06. The number of fused-ring (bicyclic) bond motifs is 1. The number of halogens is 2. The summed E-state index contributed by atoms with van der Waals surface area (Å²) < 4.78 is 0. The minimum atomic E-state index is -0.437. The molecule has 2 rings (SSSR count). The lowest BCUT2D eigenvalue weighted by molar-refractivity contribution is 0.154. The van der Waals surface area contributed by atoms with Crippen LogP contribution in [0.5, 0.6) is 0 Å². The third-order valence-corrected chi connectivity index (χ3v) is 3.36. The fraction of sp³-hybridized carbons (Fsp3) is 0.333. The summed E-state index contributed by atoms with van der Waals surface area (Å²) in [5.74, 6) is -0.106. The lowest BCUT2D eigenvalue weighted by atomic mass is 9.94. The maximum absolute atomic E-state index is 9.90. The van der Waals surface area contributed by atoms with E-state index in [2.05, 4.69) is 0 Å². The molecule has 1 aliphatic rings. The van der Waals surface area contributed by atoms with Gasteiger partial charge in [-0.2, -0.15) is 0 Å². The lowest BCUT2D eigenvalue weighted by Crippen LogP contribution is -2.16. The SMILES string of the molecule is CCC(O)C1C(Cl)=Cc2ccc(Cl)cc21. The van der Waals surface area contributed by atoms with Gasteiger partial charge in [-0.1, -0.05) is 36.2 Å². The van der Waals surface area contributed by atoms with E-state index < -0.39 is 6.10 Å². The van der Waals surface area contributed by atoms with Gasteiger partial charge in [0.25, 0.3) is 0 Å². The largest absolute Gasteiger partial charge is 0.392 e. The van der Waals surface area contributed by atoms with Crippen LogP contribution in [0.4, 0.5) is 0 Å². The van der Waals surface area contributed by atoms with E-state index in [4.69, 9.17) is 23.2 Å². The second-order valence-corrected chi connectivity index (χ2v) is 4.63. The molecule has 15 heavy (non-hydrogen) atoms. The minimum Gasteiger partial charge on any atom is -0.392 e. The van der Waals surface area contributed by atoms with E-state index in [1.165, 1.54) is 0 Å². The molecule has 0 aromatic heterocycles. The number of hydrogen-bond donors (Lipinski definition) is 1. The summed E-state index contributed by atoms with van der Waals surface area (Å²) in [6.07, 6.45) is 2.14. The molecule has 1 N–H and O–H groups in total. The van der Waals surface area contributed by atoms with Crippen LogP contribution in [0.1, 0.15) is 30.4 Å². The molecule has 0 heterocycles. The Balaban J connectivity index is 2.45. The first kappa shape index (κ1) is 11.0. The van der Waals surface area contributed by atoms with Crippen molar-refractivity contribution in [1.29, 1.82) is 0 Å². The van der Waals surface area contributed by atoms with Gasteiger partial charge in [0.2, 0.25) is 0 Å². The van der Waals surface area contributed by atoms with Gasteiger partial charge in [0.05, 0.1) is 6.10 Å². The molecule has 1 aromatic rings. The van der Waals surface area contributed by atoms with Gasteiger partial charge in [0.15, 0.2) is 0 Å². The first-order chi connectivity index (χ1) is 7.13. The van der Waals surface area contributed by atoms with Crippen LogP contribution in [-0.2, 0) is 0 Å². The van der Waals surface area contributed by atoms with E-state index in [9.17, 15) is 5.11 Å². The van der Waals surface area contributed by atoms with Crippen LogP contribution in [0, 0.1) is 0 Å². The topological polar surface area (TPSA) is 20.2 Å². The number of hydrogen-bond acceptors (Lipinski definition) is 1. The normalized spacial score (nSPS) is 21.1. The molecule has 0 fully saturated rings. The van der Waals surface area contributed by atoms with Gasteiger partial charge in [0, 0.05) is 16.0 Å². The van der Waals surface area contributed by atoms with Crippen LogP contribution in [0.3, 0.4) is 0 Å². The quantitative estimate of drug-likeness (QED) is 0.837. The third kappa shape index (κ3) is 1.92. The van der Waals surface area contributed by atoms with E-state index in [-0.39, 0.29) is 5.92 Å². The van der Waals surface area contributed by atoms with Crippen molar-refractivity contribution in [1.82, 2.24) is 0 Å². The summed E-state index contributed by atoms with van der Waals surface area (Å²) >= 11 is 12.1. The van der Waals surface area contributed by atoms with Gasteiger partial charge < -0.3 is 5.11 Å². The van der Waals surface area contributed by atoms with Gasteiger partial charge in [-0.3, -0.25) is 0 Å². The summed E-state index contributed by atoms with van der Waals surface area (Å²) in [5.41, 5.74) is 2.09. The first-order valence-electron chi connectivity index (χ1n) is 4.98. The van der Waals surface area contributed by atoms with Crippen molar-refractivity contribution in [2.24, 2.45) is 0 Å². The van der Waals surface area contributed by atoms with Crippen molar-refractivity contribution in [3.63, 3.8) is 0 Å². The van der Waals surface area contributed by atoms with Gasteiger partial charge in [-0.05, 0) is 35.8 Å². The van der Waals surface area contributed by atoms with E-state index in [1.54, 1.807) is 0 Å². The van der Waals surface area contributed by atoms with Crippen LogP contribution in [0.2, 0.25) is 5.02 Å². The van der Waals surface area contributed by atoms with Crippen molar-refractivity contribution in [2.75, 3.05) is 0 Å². The fourth-order valence-corrected chi connectivity index (χ4v) is 2.52. The molecule has 2 atom stereocenters. The van der Waals surface area contributed by atoms with Crippen molar-refractivity contribution < 1.29 is 5.11 Å². The molecule has 80 valence electrons. The second kappa shape index (κ2) is 4.17. The highest BCUT2D eigenvalue weighted by Gasteiger charge is 2.29. The molecule has 0 amide bonds. The van der Waals surface area contributed by atoms with Crippen molar-refractivity contribution in [3.05, 3.63) is 39.4 Å². The maximum atomic E-state index is 9.90. The molecule has 0 saturated carbocycles. The van der Waals surface area contributed by atoms with Crippen molar-refractivity contribution in [2.45, 2.75) is 25.4 Å². The predicted molar refractivity (Wildman–Crippen MR) is 64.3 cm³/mol. The average molecular weight is 243 g/mol. The lowest BCUT2D eigenvalue weighted by Gasteiger charge is -2.18. The zero-order valence-electron chi connectivity index (χ0n) is 8.37. The van der Waals surface area contributed by atoms with Crippen LogP contribution < -0.4 is 0 Å². The maximum Gasteiger partial charge on any atom is 0.0655 e. The predicted octanol–water partition coefficient (Wildman–Crippen LogP) is 3.79. The van der Waals surface area contributed by atoms with E-state index in [1.807, 2.05) is 31.2 Å². The first-order valence-corrected chi connectivity index (χ1v) is 5.73. The molecule has 3 heteroatoms. The van der Waals surface area contributed by atoms with Crippen molar-refractivity contribution >= 4 is 29.3 Å². The van der Waals surface area contributed by atoms with Crippen LogP contribution in [0.15, 0.2) is 23.2 Å². The fourth-order valence-electron chi connectivity index (χ4n) is 1.96. The summed E-state index contributed by atoms with van der Waals surface area (Å²) in [5, 5.41) is 11.3. The molecule has 1 aromatic carbocycles. The Morgan fingerprint density at radius 2 is 2.13 bits per heavy atom. The second-order valence-electron chi connectivity index (χ2n) is 3.76. The zero-order chi connectivity index (χ0) is 11.0. The number of aliphatic hydroxyl groups excluding tert-OH is 1. The van der Waals surface area contributed by atoms with Crippen LogP contribution in [-0.4, -0.2) is 11.2 Å². The highest BCUT2D eigenvalue weighted by molar-refractivity contribution is 6.33. The summed E-state index contributed by atoms with van der Waals surface area (Å²) in [6, 6.07) is 5.65. The molecule has 1 nitrogen and oxygen atoms in total. The van der Waals surface area contributed by atoms with E-state index in [0.717, 1.165) is 11.1 Å². The number of rotatable bonds is 2. The minimum absolute atomic E-state index is 0.106. The number of aliphatic hydroxyl groups is 1. The van der Waals surface area contributed by atoms with Crippen LogP contribution in [0.25, 0.3) is 6.08 Å². The van der Waals surface area contributed by atoms with Gasteiger partial charge in [0.1, 0.15) is 0 Å². The molecule has 0 radical (unpaired) electrons. The molecule has 0 spiro atoms. The molecule has 0 aliphatic heterocycles. The molecular formula is C12H12Cl2O. The highest BCUT2D eigenvalue weighted by Crippen LogP contribution is 2.42.